The van der Waals surface area contributed by atoms with E-state index in [1.54, 1.807) is 18.6 Å². The summed E-state index contributed by atoms with van der Waals surface area (Å²) in [4.78, 5) is 27.8. The van der Waals surface area contributed by atoms with Crippen molar-refractivity contribution in [3.8, 4) is 5.69 Å². The van der Waals surface area contributed by atoms with Crippen molar-refractivity contribution < 1.29 is 4.79 Å². The topological polar surface area (TPSA) is 75.9 Å². The van der Waals surface area contributed by atoms with Crippen LogP contribution < -0.4 is 10.2 Å². The van der Waals surface area contributed by atoms with Crippen LogP contribution in [0, 0.1) is 5.92 Å². The first-order valence-electron chi connectivity index (χ1n) is 10.1. The highest BCUT2D eigenvalue weighted by atomic mass is 16.1. The molecule has 1 amide bonds. The zero-order valence-corrected chi connectivity index (χ0v) is 16.5. The number of amides is 1. The minimum absolute atomic E-state index is 0.00944. The molecule has 0 unspecified atom stereocenters. The first-order valence-corrected chi connectivity index (χ1v) is 10.1. The number of hydrogen-bond acceptors (Lipinski definition) is 5. The van der Waals surface area contributed by atoms with Crippen LogP contribution in [0.1, 0.15) is 12.8 Å². The van der Waals surface area contributed by atoms with Crippen molar-refractivity contribution in [3.63, 3.8) is 0 Å². The molecule has 30 heavy (non-hydrogen) atoms. The van der Waals surface area contributed by atoms with Crippen molar-refractivity contribution in [2.75, 3.05) is 23.3 Å². The molecule has 7 nitrogen and oxygen atoms in total. The molecule has 0 spiro atoms. The molecule has 3 heterocycles. The van der Waals surface area contributed by atoms with E-state index in [4.69, 9.17) is 0 Å². The maximum Gasteiger partial charge on any atom is 0.227 e. The van der Waals surface area contributed by atoms with Crippen LogP contribution in [-0.2, 0) is 4.79 Å². The van der Waals surface area contributed by atoms with Crippen LogP contribution in [0.15, 0.2) is 73.4 Å². The molecule has 150 valence electrons. The summed E-state index contributed by atoms with van der Waals surface area (Å²) in [6, 6.07) is 15.9. The number of rotatable bonds is 4. The van der Waals surface area contributed by atoms with Crippen molar-refractivity contribution in [1.82, 2.24) is 19.5 Å². The van der Waals surface area contributed by atoms with Crippen LogP contribution in [0.25, 0.3) is 16.7 Å². The zero-order valence-electron chi connectivity index (χ0n) is 16.5. The molecule has 0 bridgehead atoms. The van der Waals surface area contributed by atoms with Gasteiger partial charge in [-0.15, -0.1) is 0 Å². The van der Waals surface area contributed by atoms with Gasteiger partial charge in [0.1, 0.15) is 12.1 Å². The Kier molecular flexibility index (Phi) is 4.85. The number of imidazole rings is 1. The van der Waals surface area contributed by atoms with E-state index >= 15 is 0 Å². The summed E-state index contributed by atoms with van der Waals surface area (Å²) in [5.74, 6) is 0.962. The van der Waals surface area contributed by atoms with E-state index in [0.717, 1.165) is 54.2 Å². The Morgan fingerprint density at radius 2 is 1.77 bits per heavy atom. The summed E-state index contributed by atoms with van der Waals surface area (Å²) < 4.78 is 2.04. The maximum atomic E-state index is 12.7. The van der Waals surface area contributed by atoms with E-state index < -0.39 is 0 Å². The van der Waals surface area contributed by atoms with Crippen molar-refractivity contribution in [2.45, 2.75) is 12.8 Å². The number of para-hydroxylation sites is 2. The molecule has 0 aliphatic carbocycles. The number of nitrogens with zero attached hydrogens (tertiary/aromatic N) is 5. The lowest BCUT2D eigenvalue weighted by Gasteiger charge is -2.31. The number of hydrogen-bond donors (Lipinski definition) is 1. The largest absolute Gasteiger partial charge is 0.355 e. The minimum atomic E-state index is 0.00944. The Morgan fingerprint density at radius 3 is 2.53 bits per heavy atom. The van der Waals surface area contributed by atoms with Crippen molar-refractivity contribution in [2.24, 2.45) is 5.92 Å². The van der Waals surface area contributed by atoms with E-state index in [0.29, 0.717) is 0 Å². The van der Waals surface area contributed by atoms with Gasteiger partial charge in [-0.1, -0.05) is 12.1 Å². The zero-order chi connectivity index (χ0) is 20.3. The fraction of sp³-hybridized carbons (Fsp3) is 0.217. The van der Waals surface area contributed by atoms with Gasteiger partial charge in [0.2, 0.25) is 5.91 Å². The molecule has 1 aliphatic rings. The van der Waals surface area contributed by atoms with Gasteiger partial charge in [0.15, 0.2) is 0 Å². The molecule has 1 fully saturated rings. The molecule has 0 atom stereocenters. The highest BCUT2D eigenvalue weighted by Gasteiger charge is 2.25. The Balaban J connectivity index is 1.22. The van der Waals surface area contributed by atoms with Crippen LogP contribution in [0.2, 0.25) is 0 Å². The number of nitrogens with one attached hydrogen (secondary N) is 1. The lowest BCUT2D eigenvalue weighted by molar-refractivity contribution is -0.120. The SMILES string of the molecule is O=C(Nc1ccc(-n2cnc3ccccc32)cc1)C1CCN(c2cnccn2)CC1. The smallest absolute Gasteiger partial charge is 0.227 e. The molecule has 7 heteroatoms. The summed E-state index contributed by atoms with van der Waals surface area (Å²) in [6.45, 7) is 1.62. The monoisotopic (exact) mass is 398 g/mol. The Bertz CT molecular complexity index is 1150. The average molecular weight is 398 g/mol. The van der Waals surface area contributed by atoms with Gasteiger partial charge in [-0.05, 0) is 49.2 Å². The first kappa shape index (κ1) is 18.3. The van der Waals surface area contributed by atoms with Crippen LogP contribution in [0.4, 0.5) is 11.5 Å². The predicted octanol–water partition coefficient (Wildman–Crippen LogP) is 3.67. The van der Waals surface area contributed by atoms with Gasteiger partial charge in [-0.2, -0.15) is 0 Å². The van der Waals surface area contributed by atoms with Crippen molar-refractivity contribution >= 4 is 28.4 Å². The number of piperidine rings is 1. The molecule has 1 saturated heterocycles. The lowest BCUT2D eigenvalue weighted by atomic mass is 9.96. The van der Waals surface area contributed by atoms with E-state index in [2.05, 4.69) is 25.2 Å². The molecule has 5 rings (SSSR count). The molecule has 4 aromatic rings. The second-order valence-corrected chi connectivity index (χ2v) is 7.46. The second kappa shape index (κ2) is 7.94. The molecular formula is C23H22N6O. The summed E-state index contributed by atoms with van der Waals surface area (Å²) in [5, 5.41) is 3.07. The van der Waals surface area contributed by atoms with Crippen LogP contribution >= 0.6 is 0 Å². The lowest BCUT2D eigenvalue weighted by Crippen LogP contribution is -2.38. The van der Waals surface area contributed by atoms with E-state index in [9.17, 15) is 4.79 Å². The number of aromatic nitrogens is 4. The van der Waals surface area contributed by atoms with Gasteiger partial charge >= 0.3 is 0 Å². The van der Waals surface area contributed by atoms with Gasteiger partial charge in [-0.25, -0.2) is 9.97 Å². The van der Waals surface area contributed by atoms with E-state index in [1.807, 2.05) is 59.4 Å². The Hall–Kier alpha value is -3.74. The van der Waals surface area contributed by atoms with Gasteiger partial charge in [0.05, 0.1) is 17.2 Å². The number of anilines is 2. The predicted molar refractivity (Wildman–Crippen MR) is 117 cm³/mol. The highest BCUT2D eigenvalue weighted by Crippen LogP contribution is 2.24. The second-order valence-electron chi connectivity index (χ2n) is 7.46. The maximum absolute atomic E-state index is 12.7. The van der Waals surface area contributed by atoms with E-state index in [-0.39, 0.29) is 11.8 Å². The summed E-state index contributed by atoms with van der Waals surface area (Å²) >= 11 is 0. The number of carbonyl (C=O) groups is 1. The highest BCUT2D eigenvalue weighted by molar-refractivity contribution is 5.92. The molecular weight excluding hydrogens is 376 g/mol. The molecule has 0 saturated carbocycles. The van der Waals surface area contributed by atoms with Crippen molar-refractivity contribution in [1.29, 1.82) is 0 Å². The molecule has 1 aliphatic heterocycles. The molecule has 2 aromatic carbocycles. The number of benzene rings is 2. The van der Waals surface area contributed by atoms with Gasteiger partial charge < -0.3 is 10.2 Å². The fourth-order valence-electron chi connectivity index (χ4n) is 3.94. The minimum Gasteiger partial charge on any atom is -0.355 e. The normalized spacial score (nSPS) is 14.7. The van der Waals surface area contributed by atoms with Crippen LogP contribution in [0.3, 0.4) is 0 Å². The average Bonchev–Trinajstić information content (AvgIpc) is 3.24. The third-order valence-corrected chi connectivity index (χ3v) is 5.61. The standard InChI is InChI=1S/C23H22N6O/c30-23(17-9-13-28(14-10-17)22-15-24-11-12-25-22)27-18-5-7-19(8-6-18)29-16-26-20-3-1-2-4-21(20)29/h1-8,11-12,15-17H,9-10,13-14H2,(H,27,30). The molecule has 1 N–H and O–H groups in total. The third-order valence-electron chi connectivity index (χ3n) is 5.61. The Morgan fingerprint density at radius 1 is 0.967 bits per heavy atom. The van der Waals surface area contributed by atoms with Crippen LogP contribution in [-0.4, -0.2) is 38.5 Å². The summed E-state index contributed by atoms with van der Waals surface area (Å²) in [6.07, 6.45) is 8.58. The van der Waals surface area contributed by atoms with Gasteiger partial charge in [0.25, 0.3) is 0 Å². The van der Waals surface area contributed by atoms with Gasteiger partial charge in [-0.3, -0.25) is 14.3 Å². The summed E-state index contributed by atoms with van der Waals surface area (Å²) in [5.41, 5.74) is 3.84. The molecule has 0 radical (unpaired) electrons. The Labute approximate surface area is 174 Å². The quantitative estimate of drug-likeness (QED) is 0.568. The fourth-order valence-corrected chi connectivity index (χ4v) is 3.94. The third kappa shape index (κ3) is 3.61. The number of carbonyl (C=O) groups excluding carboxylic acids is 1. The molecule has 2 aromatic heterocycles. The first-order chi connectivity index (χ1) is 14.8. The van der Waals surface area contributed by atoms with E-state index in [1.165, 1.54) is 0 Å². The van der Waals surface area contributed by atoms with Crippen LogP contribution in [0.5, 0.6) is 0 Å². The van der Waals surface area contributed by atoms with Crippen molar-refractivity contribution in [3.05, 3.63) is 73.4 Å². The number of fused-ring (bicyclic) bond motifs is 1. The van der Waals surface area contributed by atoms with Gasteiger partial charge in [0, 0.05) is 42.8 Å². The summed E-state index contributed by atoms with van der Waals surface area (Å²) in [7, 11) is 0.